The topological polar surface area (TPSA) is 84.9 Å². The van der Waals surface area contributed by atoms with Gasteiger partial charge < -0.3 is 14.8 Å². The minimum atomic E-state index is -4.24. The second-order valence-electron chi connectivity index (χ2n) is 6.85. The Balaban J connectivity index is 1.67. The van der Waals surface area contributed by atoms with Gasteiger partial charge in [0.15, 0.2) is 11.5 Å². The van der Waals surface area contributed by atoms with Crippen LogP contribution < -0.4 is 19.1 Å². The SMILES string of the molecule is O=C(CN(c1cccc(F)c1)S(=O)(=O)c1ccc2c(c1)OCCO2)Nc1ccc(Br)cc1. The molecule has 1 amide bonds. The molecule has 1 N–H and O–H groups in total. The van der Waals surface area contributed by atoms with Crippen LogP contribution in [-0.4, -0.2) is 34.1 Å². The van der Waals surface area contributed by atoms with E-state index in [2.05, 4.69) is 21.2 Å². The monoisotopic (exact) mass is 520 g/mol. The van der Waals surface area contributed by atoms with Gasteiger partial charge in [-0.05, 0) is 54.6 Å². The first-order valence-corrected chi connectivity index (χ1v) is 11.8. The predicted molar refractivity (Wildman–Crippen MR) is 121 cm³/mol. The van der Waals surface area contributed by atoms with Crippen LogP contribution in [0.3, 0.4) is 0 Å². The van der Waals surface area contributed by atoms with Crippen LogP contribution in [0.1, 0.15) is 0 Å². The Morgan fingerprint density at radius 2 is 1.72 bits per heavy atom. The molecule has 0 unspecified atom stereocenters. The van der Waals surface area contributed by atoms with E-state index < -0.39 is 28.3 Å². The van der Waals surface area contributed by atoms with Crippen LogP contribution in [0.5, 0.6) is 11.5 Å². The summed E-state index contributed by atoms with van der Waals surface area (Å²) in [7, 11) is -4.24. The van der Waals surface area contributed by atoms with Gasteiger partial charge >= 0.3 is 0 Å². The second-order valence-corrected chi connectivity index (χ2v) is 9.63. The normalized spacial score (nSPS) is 12.8. The Labute approximate surface area is 192 Å². The summed E-state index contributed by atoms with van der Waals surface area (Å²) in [5.41, 5.74) is 0.514. The van der Waals surface area contributed by atoms with E-state index in [1.807, 2.05) is 0 Å². The smallest absolute Gasteiger partial charge is 0.264 e. The number of nitrogens with one attached hydrogen (secondary N) is 1. The molecule has 0 radical (unpaired) electrons. The predicted octanol–water partition coefficient (Wildman–Crippen LogP) is 4.19. The summed E-state index contributed by atoms with van der Waals surface area (Å²) >= 11 is 3.31. The summed E-state index contributed by atoms with van der Waals surface area (Å²) in [6.45, 7) is 0.0980. The number of hydrogen-bond donors (Lipinski definition) is 1. The standard InChI is InChI=1S/C22H18BrFN2O5S/c23-15-4-6-17(7-5-15)25-22(27)14-26(18-3-1-2-16(24)12-18)32(28,29)19-8-9-20-21(13-19)31-11-10-30-20/h1-9,12-13H,10-11,14H2,(H,25,27). The van der Waals surface area contributed by atoms with E-state index in [0.717, 1.165) is 14.8 Å². The fourth-order valence-electron chi connectivity index (χ4n) is 3.12. The van der Waals surface area contributed by atoms with Gasteiger partial charge in [0.2, 0.25) is 5.91 Å². The number of carbonyl (C=O) groups is 1. The van der Waals surface area contributed by atoms with E-state index in [9.17, 15) is 17.6 Å². The van der Waals surface area contributed by atoms with Crippen LogP contribution in [-0.2, 0) is 14.8 Å². The summed E-state index contributed by atoms with van der Waals surface area (Å²) in [6, 6.07) is 16.1. The van der Waals surface area contributed by atoms with Crippen LogP contribution in [0.25, 0.3) is 0 Å². The van der Waals surface area contributed by atoms with Crippen molar-refractivity contribution in [2.75, 3.05) is 29.4 Å². The van der Waals surface area contributed by atoms with E-state index in [1.165, 1.54) is 36.4 Å². The maximum atomic E-state index is 13.9. The molecule has 0 saturated carbocycles. The summed E-state index contributed by atoms with van der Waals surface area (Å²) in [6.07, 6.45) is 0. The Morgan fingerprint density at radius 3 is 2.44 bits per heavy atom. The van der Waals surface area contributed by atoms with E-state index in [-0.39, 0.29) is 16.3 Å². The Morgan fingerprint density at radius 1 is 1.00 bits per heavy atom. The molecule has 0 bridgehead atoms. The first-order valence-electron chi connectivity index (χ1n) is 9.56. The first kappa shape index (κ1) is 22.1. The van der Waals surface area contributed by atoms with Gasteiger partial charge in [0.25, 0.3) is 10.0 Å². The second kappa shape index (κ2) is 9.17. The summed E-state index contributed by atoms with van der Waals surface area (Å²) in [5.74, 6) is -0.493. The highest BCUT2D eigenvalue weighted by Gasteiger charge is 2.29. The van der Waals surface area contributed by atoms with Gasteiger partial charge in [0.05, 0.1) is 10.6 Å². The van der Waals surface area contributed by atoms with E-state index in [1.54, 1.807) is 24.3 Å². The van der Waals surface area contributed by atoms with Crippen molar-refractivity contribution < 1.29 is 27.1 Å². The maximum absolute atomic E-state index is 13.9. The fraction of sp³-hybridized carbons (Fsp3) is 0.136. The molecular weight excluding hydrogens is 503 g/mol. The molecule has 3 aromatic carbocycles. The fourth-order valence-corrected chi connectivity index (χ4v) is 4.81. The van der Waals surface area contributed by atoms with Crippen molar-refractivity contribution in [1.82, 2.24) is 0 Å². The molecule has 3 aromatic rings. The highest BCUT2D eigenvalue weighted by Crippen LogP contribution is 2.34. The number of rotatable bonds is 6. The number of halogens is 2. The molecule has 0 saturated heterocycles. The third-order valence-electron chi connectivity index (χ3n) is 4.61. The average Bonchev–Trinajstić information content (AvgIpc) is 2.78. The molecule has 1 aliphatic heterocycles. The number of carbonyl (C=O) groups excluding carboxylic acids is 1. The molecule has 32 heavy (non-hydrogen) atoms. The zero-order chi connectivity index (χ0) is 22.7. The van der Waals surface area contributed by atoms with Gasteiger partial charge in [0.1, 0.15) is 25.6 Å². The number of nitrogens with zero attached hydrogens (tertiary/aromatic N) is 1. The van der Waals surface area contributed by atoms with Crippen molar-refractivity contribution in [2.24, 2.45) is 0 Å². The molecule has 10 heteroatoms. The van der Waals surface area contributed by atoms with Crippen molar-refractivity contribution >= 4 is 43.2 Å². The zero-order valence-corrected chi connectivity index (χ0v) is 19.0. The Bertz CT molecular complexity index is 1250. The van der Waals surface area contributed by atoms with Crippen LogP contribution in [0, 0.1) is 5.82 Å². The number of anilines is 2. The molecule has 0 spiro atoms. The lowest BCUT2D eigenvalue weighted by atomic mass is 10.3. The molecule has 166 valence electrons. The number of benzene rings is 3. The van der Waals surface area contributed by atoms with Crippen molar-refractivity contribution in [1.29, 1.82) is 0 Å². The zero-order valence-electron chi connectivity index (χ0n) is 16.6. The molecular formula is C22H18BrFN2O5S. The Hall–Kier alpha value is -3.11. The van der Waals surface area contributed by atoms with Gasteiger partial charge in [0, 0.05) is 16.2 Å². The van der Waals surface area contributed by atoms with Gasteiger partial charge in [-0.25, -0.2) is 12.8 Å². The Kier molecular flexibility index (Phi) is 6.33. The lowest BCUT2D eigenvalue weighted by molar-refractivity contribution is -0.114. The van der Waals surface area contributed by atoms with Crippen molar-refractivity contribution in [2.45, 2.75) is 4.90 Å². The van der Waals surface area contributed by atoms with E-state index >= 15 is 0 Å². The van der Waals surface area contributed by atoms with Gasteiger partial charge in [-0.15, -0.1) is 0 Å². The molecule has 0 atom stereocenters. The highest BCUT2D eigenvalue weighted by atomic mass is 79.9. The molecule has 4 rings (SSSR count). The number of sulfonamides is 1. The molecule has 0 aliphatic carbocycles. The van der Waals surface area contributed by atoms with E-state index in [0.29, 0.717) is 24.7 Å². The minimum absolute atomic E-state index is 0.0193. The van der Waals surface area contributed by atoms with Crippen molar-refractivity contribution in [3.8, 4) is 11.5 Å². The number of ether oxygens (including phenoxy) is 2. The largest absolute Gasteiger partial charge is 0.486 e. The van der Waals surface area contributed by atoms with E-state index in [4.69, 9.17) is 9.47 Å². The third-order valence-corrected chi connectivity index (χ3v) is 6.91. The molecule has 1 aliphatic rings. The lowest BCUT2D eigenvalue weighted by Crippen LogP contribution is -2.38. The number of amides is 1. The van der Waals surface area contributed by atoms with Crippen LogP contribution in [0.4, 0.5) is 15.8 Å². The molecule has 0 fully saturated rings. The van der Waals surface area contributed by atoms with Crippen molar-refractivity contribution in [3.05, 3.63) is 77.0 Å². The van der Waals surface area contributed by atoms with Crippen LogP contribution >= 0.6 is 15.9 Å². The van der Waals surface area contributed by atoms with Gasteiger partial charge in [-0.1, -0.05) is 22.0 Å². The molecule has 0 aromatic heterocycles. The molecule has 7 nitrogen and oxygen atoms in total. The highest BCUT2D eigenvalue weighted by molar-refractivity contribution is 9.10. The maximum Gasteiger partial charge on any atom is 0.264 e. The van der Waals surface area contributed by atoms with Crippen molar-refractivity contribution in [3.63, 3.8) is 0 Å². The summed E-state index contributed by atoms with van der Waals surface area (Å²) < 4.78 is 53.5. The van der Waals surface area contributed by atoms with Crippen LogP contribution in [0.15, 0.2) is 76.1 Å². The third kappa shape index (κ3) is 4.86. The lowest BCUT2D eigenvalue weighted by Gasteiger charge is -2.25. The summed E-state index contributed by atoms with van der Waals surface area (Å²) in [5, 5.41) is 2.65. The number of hydrogen-bond acceptors (Lipinski definition) is 5. The van der Waals surface area contributed by atoms with Gasteiger partial charge in [-0.3, -0.25) is 9.10 Å². The quantitative estimate of drug-likeness (QED) is 0.526. The first-order chi connectivity index (χ1) is 15.3. The molecule has 1 heterocycles. The van der Waals surface area contributed by atoms with Gasteiger partial charge in [-0.2, -0.15) is 0 Å². The summed E-state index contributed by atoms with van der Waals surface area (Å²) in [4.78, 5) is 12.6. The average molecular weight is 521 g/mol. The minimum Gasteiger partial charge on any atom is -0.486 e. The number of fused-ring (bicyclic) bond motifs is 1. The van der Waals surface area contributed by atoms with Crippen LogP contribution in [0.2, 0.25) is 0 Å².